The molecular formula is C14H24NO4+. The second-order valence-electron chi connectivity index (χ2n) is 4.00. The summed E-state index contributed by atoms with van der Waals surface area (Å²) < 4.78 is 21.1. The molecule has 1 aromatic rings. The van der Waals surface area contributed by atoms with Crippen LogP contribution in [0, 0.1) is 0 Å². The van der Waals surface area contributed by atoms with Gasteiger partial charge in [0.15, 0.2) is 0 Å². The van der Waals surface area contributed by atoms with Gasteiger partial charge in [-0.05, 0) is 12.1 Å². The van der Waals surface area contributed by atoms with Crippen molar-refractivity contribution in [3.63, 3.8) is 0 Å². The quantitative estimate of drug-likeness (QED) is 0.588. The van der Waals surface area contributed by atoms with Gasteiger partial charge in [0.05, 0.1) is 40.0 Å². The Bertz CT molecular complexity index is 333. The predicted octanol–water partition coefficient (Wildman–Crippen LogP) is 0.300. The molecule has 0 aliphatic carbocycles. The van der Waals surface area contributed by atoms with Gasteiger partial charge in [0, 0.05) is 13.2 Å². The summed E-state index contributed by atoms with van der Waals surface area (Å²) in [6.07, 6.45) is 0. The molecule has 0 atom stereocenters. The van der Waals surface area contributed by atoms with Crippen molar-refractivity contribution in [2.24, 2.45) is 0 Å². The van der Waals surface area contributed by atoms with Crippen molar-refractivity contribution >= 4 is 0 Å². The van der Waals surface area contributed by atoms with Gasteiger partial charge < -0.3 is 24.3 Å². The molecule has 19 heavy (non-hydrogen) atoms. The summed E-state index contributed by atoms with van der Waals surface area (Å²) in [5.41, 5.74) is 0. The van der Waals surface area contributed by atoms with Gasteiger partial charge in [-0.3, -0.25) is 0 Å². The van der Waals surface area contributed by atoms with E-state index in [2.05, 4.69) is 5.32 Å². The molecule has 5 nitrogen and oxygen atoms in total. The Kier molecular flexibility index (Phi) is 8.80. The maximum Gasteiger partial charge on any atom is 0.123 e. The molecule has 0 aromatic heterocycles. The normalized spacial score (nSPS) is 10.4. The summed E-state index contributed by atoms with van der Waals surface area (Å²) in [7, 11) is 3.35. The first-order valence-corrected chi connectivity index (χ1v) is 6.52. The van der Waals surface area contributed by atoms with Gasteiger partial charge in [-0.15, -0.1) is 0 Å². The molecule has 0 saturated carbocycles. The van der Waals surface area contributed by atoms with Crippen LogP contribution in [0.4, 0.5) is 0 Å². The Hall–Kier alpha value is -1.30. The SMILES string of the molecule is COCC[NH2+]CCOCCOc1cccc(OC)c1. The fraction of sp³-hybridized carbons (Fsp3) is 0.571. The summed E-state index contributed by atoms with van der Waals surface area (Å²) >= 11 is 0. The van der Waals surface area contributed by atoms with E-state index in [4.69, 9.17) is 18.9 Å². The summed E-state index contributed by atoms with van der Waals surface area (Å²) in [5.74, 6) is 1.60. The van der Waals surface area contributed by atoms with E-state index in [0.29, 0.717) is 13.2 Å². The van der Waals surface area contributed by atoms with Crippen LogP contribution in [0.2, 0.25) is 0 Å². The van der Waals surface area contributed by atoms with Crippen LogP contribution in [-0.4, -0.2) is 53.7 Å². The van der Waals surface area contributed by atoms with Gasteiger partial charge in [-0.1, -0.05) is 6.07 Å². The van der Waals surface area contributed by atoms with Gasteiger partial charge in [0.25, 0.3) is 0 Å². The van der Waals surface area contributed by atoms with E-state index in [-0.39, 0.29) is 0 Å². The van der Waals surface area contributed by atoms with Gasteiger partial charge in [-0.2, -0.15) is 0 Å². The zero-order valence-electron chi connectivity index (χ0n) is 11.8. The number of methoxy groups -OCH3 is 2. The summed E-state index contributed by atoms with van der Waals surface area (Å²) in [6, 6.07) is 7.55. The van der Waals surface area contributed by atoms with E-state index in [1.54, 1.807) is 14.2 Å². The van der Waals surface area contributed by atoms with Crippen molar-refractivity contribution in [2.45, 2.75) is 0 Å². The van der Waals surface area contributed by atoms with Crippen molar-refractivity contribution in [3.05, 3.63) is 24.3 Å². The molecule has 0 spiro atoms. The molecule has 0 aliphatic heterocycles. The average Bonchev–Trinajstić information content (AvgIpc) is 2.46. The Balaban J connectivity index is 1.98. The molecule has 0 heterocycles. The highest BCUT2D eigenvalue weighted by molar-refractivity contribution is 5.32. The number of quaternary nitrogens is 1. The number of benzene rings is 1. The maximum absolute atomic E-state index is 5.56. The molecule has 5 heteroatoms. The summed E-state index contributed by atoms with van der Waals surface area (Å²) in [5, 5.41) is 2.17. The van der Waals surface area contributed by atoms with Gasteiger partial charge in [-0.25, -0.2) is 0 Å². The van der Waals surface area contributed by atoms with E-state index in [1.165, 1.54) is 0 Å². The van der Waals surface area contributed by atoms with E-state index in [0.717, 1.165) is 37.8 Å². The van der Waals surface area contributed by atoms with Gasteiger partial charge >= 0.3 is 0 Å². The Morgan fingerprint density at radius 2 is 1.74 bits per heavy atom. The molecule has 0 saturated heterocycles. The molecule has 1 rings (SSSR count). The highest BCUT2D eigenvalue weighted by Gasteiger charge is 1.97. The van der Waals surface area contributed by atoms with Crippen LogP contribution in [0.15, 0.2) is 24.3 Å². The van der Waals surface area contributed by atoms with Crippen LogP contribution < -0.4 is 14.8 Å². The number of nitrogens with two attached hydrogens (primary N) is 1. The summed E-state index contributed by atoms with van der Waals surface area (Å²) in [4.78, 5) is 0. The summed E-state index contributed by atoms with van der Waals surface area (Å²) in [6.45, 7) is 4.56. The molecule has 0 amide bonds. The average molecular weight is 270 g/mol. The third-order valence-corrected chi connectivity index (χ3v) is 2.53. The smallest absolute Gasteiger partial charge is 0.123 e. The molecule has 1 aromatic carbocycles. The Morgan fingerprint density at radius 3 is 2.53 bits per heavy atom. The molecule has 108 valence electrons. The second-order valence-corrected chi connectivity index (χ2v) is 4.00. The third kappa shape index (κ3) is 7.66. The van der Waals surface area contributed by atoms with Crippen LogP contribution in [0.5, 0.6) is 11.5 Å². The largest absolute Gasteiger partial charge is 0.497 e. The standard InChI is InChI=1S/C14H23NO4/c1-16-8-6-15-7-9-18-10-11-19-14-5-3-4-13(12-14)17-2/h3-5,12,15H,6-11H2,1-2H3/p+1. The van der Waals surface area contributed by atoms with Gasteiger partial charge in [0.2, 0.25) is 0 Å². The number of rotatable bonds is 11. The second kappa shape index (κ2) is 10.6. The number of hydrogen-bond donors (Lipinski definition) is 1. The van der Waals surface area contributed by atoms with Crippen LogP contribution in [0.3, 0.4) is 0 Å². The minimum atomic E-state index is 0.547. The fourth-order valence-electron chi connectivity index (χ4n) is 1.52. The molecule has 0 fully saturated rings. The zero-order valence-corrected chi connectivity index (χ0v) is 11.8. The van der Waals surface area contributed by atoms with Crippen molar-refractivity contribution in [3.8, 4) is 11.5 Å². The van der Waals surface area contributed by atoms with E-state index < -0.39 is 0 Å². The first kappa shape index (κ1) is 15.8. The minimum Gasteiger partial charge on any atom is -0.497 e. The first-order chi connectivity index (χ1) is 9.36. The topological polar surface area (TPSA) is 53.5 Å². The van der Waals surface area contributed by atoms with Crippen molar-refractivity contribution in [1.29, 1.82) is 0 Å². The van der Waals surface area contributed by atoms with Crippen LogP contribution in [0.25, 0.3) is 0 Å². The van der Waals surface area contributed by atoms with Crippen LogP contribution in [-0.2, 0) is 9.47 Å². The monoisotopic (exact) mass is 270 g/mol. The Morgan fingerprint density at radius 1 is 0.947 bits per heavy atom. The van der Waals surface area contributed by atoms with Crippen LogP contribution >= 0.6 is 0 Å². The third-order valence-electron chi connectivity index (χ3n) is 2.53. The predicted molar refractivity (Wildman–Crippen MR) is 72.8 cm³/mol. The van der Waals surface area contributed by atoms with Crippen LogP contribution in [0.1, 0.15) is 0 Å². The number of ether oxygens (including phenoxy) is 4. The lowest BCUT2D eigenvalue weighted by atomic mass is 10.3. The minimum absolute atomic E-state index is 0.547. The lowest BCUT2D eigenvalue weighted by Gasteiger charge is -2.08. The lowest BCUT2D eigenvalue weighted by molar-refractivity contribution is -0.657. The number of hydrogen-bond acceptors (Lipinski definition) is 4. The molecule has 0 bridgehead atoms. The molecular weight excluding hydrogens is 246 g/mol. The molecule has 0 radical (unpaired) electrons. The van der Waals surface area contributed by atoms with E-state index in [1.807, 2.05) is 24.3 Å². The maximum atomic E-state index is 5.56. The van der Waals surface area contributed by atoms with Crippen molar-refractivity contribution in [2.75, 3.05) is 53.7 Å². The molecule has 0 unspecified atom stereocenters. The van der Waals surface area contributed by atoms with Crippen molar-refractivity contribution in [1.82, 2.24) is 0 Å². The van der Waals surface area contributed by atoms with E-state index >= 15 is 0 Å². The van der Waals surface area contributed by atoms with Crippen molar-refractivity contribution < 1.29 is 24.3 Å². The fourth-order valence-corrected chi connectivity index (χ4v) is 1.52. The molecule has 0 aliphatic rings. The van der Waals surface area contributed by atoms with Gasteiger partial charge in [0.1, 0.15) is 18.1 Å². The molecule has 2 N–H and O–H groups in total. The lowest BCUT2D eigenvalue weighted by Crippen LogP contribution is -2.86. The first-order valence-electron chi connectivity index (χ1n) is 6.52. The van der Waals surface area contributed by atoms with E-state index in [9.17, 15) is 0 Å². The highest BCUT2D eigenvalue weighted by Crippen LogP contribution is 2.18. The highest BCUT2D eigenvalue weighted by atomic mass is 16.5. The Labute approximate surface area is 114 Å². The zero-order chi connectivity index (χ0) is 13.8.